The number of fused-ring (bicyclic) bond motifs is 7. The van der Waals surface area contributed by atoms with E-state index >= 15 is 0 Å². The number of carboxylic acids is 1. The van der Waals surface area contributed by atoms with Crippen LogP contribution in [0.1, 0.15) is 98.3 Å². The Labute approximate surface area is 193 Å². The van der Waals surface area contributed by atoms with Crippen LogP contribution in [0.2, 0.25) is 0 Å². The molecule has 5 saturated carbocycles. The van der Waals surface area contributed by atoms with Gasteiger partial charge >= 0.3 is 5.97 Å². The number of aliphatic hydroxyl groups excluding tert-OH is 1. The van der Waals surface area contributed by atoms with Crippen molar-refractivity contribution in [2.75, 3.05) is 6.61 Å². The fraction of sp³-hybridized carbons (Fsp3) is 0.929. The summed E-state index contributed by atoms with van der Waals surface area (Å²) in [5.41, 5.74) is -0.0792. The summed E-state index contributed by atoms with van der Waals surface area (Å²) in [6.45, 7) is 9.65. The number of hydrogen-bond acceptors (Lipinski definition) is 3. The van der Waals surface area contributed by atoms with Gasteiger partial charge in [0.05, 0.1) is 5.41 Å². The second-order valence-electron chi connectivity index (χ2n) is 13.3. The van der Waals surface area contributed by atoms with E-state index in [4.69, 9.17) is 0 Å². The van der Waals surface area contributed by atoms with Crippen molar-refractivity contribution in [1.82, 2.24) is 0 Å². The summed E-state index contributed by atoms with van der Waals surface area (Å²) in [5.74, 6) is 1.42. The average Bonchev–Trinajstić information content (AvgIpc) is 3.14. The van der Waals surface area contributed by atoms with Crippen LogP contribution in [-0.4, -0.2) is 28.6 Å². The molecule has 180 valence electrons. The van der Waals surface area contributed by atoms with E-state index in [-0.39, 0.29) is 34.4 Å². The predicted octanol–water partition coefficient (Wildman–Crippen LogP) is 5.71. The first kappa shape index (κ1) is 22.9. The van der Waals surface area contributed by atoms with Gasteiger partial charge < -0.3 is 10.2 Å². The molecule has 5 fully saturated rings. The van der Waals surface area contributed by atoms with Gasteiger partial charge in [0.25, 0.3) is 0 Å². The maximum absolute atomic E-state index is 12.8. The molecule has 0 aliphatic heterocycles. The number of carbonyl (C=O) groups excluding carboxylic acids is 1. The summed E-state index contributed by atoms with van der Waals surface area (Å²) >= 11 is 0. The molecule has 10 atom stereocenters. The third kappa shape index (κ3) is 2.65. The standard InChI is InChI=1S/C28H44O4/c1-17-6-5-11-25(2)19(17)10-12-27(4)22(25)8-7-20-23-18(21(30)16-29)9-13-28(23,24(31)32)15-14-26(20,27)3/h17-20,22-23,29H,5-16H2,1-4H3,(H,31,32)/t17?,18?,19?,20?,22?,23?,25?,26-,27?,28?/m1/s1. The average molecular weight is 445 g/mol. The van der Waals surface area contributed by atoms with Gasteiger partial charge in [-0.2, -0.15) is 0 Å². The predicted molar refractivity (Wildman–Crippen MR) is 124 cm³/mol. The van der Waals surface area contributed by atoms with Crippen molar-refractivity contribution in [2.45, 2.75) is 98.3 Å². The minimum atomic E-state index is -0.761. The molecule has 5 aliphatic carbocycles. The van der Waals surface area contributed by atoms with Crippen LogP contribution in [0, 0.1) is 57.2 Å². The highest BCUT2D eigenvalue weighted by Gasteiger charge is 2.71. The van der Waals surface area contributed by atoms with Crippen LogP contribution < -0.4 is 0 Å². The Morgan fingerprint density at radius 1 is 0.844 bits per heavy atom. The lowest BCUT2D eigenvalue weighted by Crippen LogP contribution is -2.65. The normalized spacial score (nSPS) is 54.7. The van der Waals surface area contributed by atoms with Crippen LogP contribution in [0.4, 0.5) is 0 Å². The number of carbonyl (C=O) groups is 2. The number of Topliss-reactive ketones (excluding diaryl/α,β-unsaturated/α-hetero) is 1. The van der Waals surface area contributed by atoms with Crippen molar-refractivity contribution in [3.63, 3.8) is 0 Å². The molecule has 0 spiro atoms. The van der Waals surface area contributed by atoms with E-state index in [2.05, 4.69) is 27.7 Å². The first-order valence-corrected chi connectivity index (χ1v) is 13.4. The second kappa shape index (κ2) is 7.30. The molecule has 0 saturated heterocycles. The number of rotatable bonds is 3. The molecule has 5 aliphatic rings. The van der Waals surface area contributed by atoms with Gasteiger partial charge in [0, 0.05) is 5.92 Å². The summed E-state index contributed by atoms with van der Waals surface area (Å²) in [7, 11) is 0. The van der Waals surface area contributed by atoms with E-state index in [0.29, 0.717) is 30.6 Å². The summed E-state index contributed by atoms with van der Waals surface area (Å²) in [6.07, 6.45) is 11.8. The third-order valence-corrected chi connectivity index (χ3v) is 12.8. The molecular weight excluding hydrogens is 400 g/mol. The summed E-state index contributed by atoms with van der Waals surface area (Å²) in [4.78, 5) is 25.5. The fourth-order valence-electron chi connectivity index (χ4n) is 11.1. The van der Waals surface area contributed by atoms with Crippen molar-refractivity contribution in [3.8, 4) is 0 Å². The quantitative estimate of drug-likeness (QED) is 0.584. The summed E-state index contributed by atoms with van der Waals surface area (Å²) in [5, 5.41) is 20.1. The minimum Gasteiger partial charge on any atom is -0.481 e. The van der Waals surface area contributed by atoms with Gasteiger partial charge in [-0.3, -0.25) is 9.59 Å². The van der Waals surface area contributed by atoms with E-state index in [9.17, 15) is 19.8 Å². The van der Waals surface area contributed by atoms with Gasteiger partial charge in [0.1, 0.15) is 6.61 Å². The van der Waals surface area contributed by atoms with Crippen LogP contribution in [0.25, 0.3) is 0 Å². The van der Waals surface area contributed by atoms with Gasteiger partial charge in [0.15, 0.2) is 5.78 Å². The Morgan fingerprint density at radius 3 is 2.28 bits per heavy atom. The van der Waals surface area contributed by atoms with Gasteiger partial charge in [-0.15, -0.1) is 0 Å². The highest BCUT2D eigenvalue weighted by atomic mass is 16.4. The van der Waals surface area contributed by atoms with Gasteiger partial charge in [-0.25, -0.2) is 0 Å². The van der Waals surface area contributed by atoms with Crippen molar-refractivity contribution < 1.29 is 19.8 Å². The number of ketones is 1. The molecular formula is C28H44O4. The monoisotopic (exact) mass is 444 g/mol. The molecule has 9 unspecified atom stereocenters. The molecule has 32 heavy (non-hydrogen) atoms. The lowest BCUT2D eigenvalue weighted by molar-refractivity contribution is -0.231. The topological polar surface area (TPSA) is 74.6 Å². The summed E-state index contributed by atoms with van der Waals surface area (Å²) in [6, 6.07) is 0. The van der Waals surface area contributed by atoms with E-state index in [1.54, 1.807) is 0 Å². The molecule has 4 nitrogen and oxygen atoms in total. The highest BCUT2D eigenvalue weighted by molar-refractivity contribution is 5.85. The van der Waals surface area contributed by atoms with Gasteiger partial charge in [0.2, 0.25) is 0 Å². The summed E-state index contributed by atoms with van der Waals surface area (Å²) < 4.78 is 0. The third-order valence-electron chi connectivity index (χ3n) is 12.8. The van der Waals surface area contributed by atoms with Crippen LogP contribution in [0.3, 0.4) is 0 Å². The number of aliphatic hydroxyl groups is 1. The van der Waals surface area contributed by atoms with E-state index in [1.807, 2.05) is 0 Å². The largest absolute Gasteiger partial charge is 0.481 e. The zero-order valence-electron chi connectivity index (χ0n) is 20.7. The van der Waals surface area contributed by atoms with Crippen LogP contribution in [-0.2, 0) is 9.59 Å². The fourth-order valence-corrected chi connectivity index (χ4v) is 11.1. The van der Waals surface area contributed by atoms with E-state index in [1.165, 1.54) is 38.5 Å². The molecule has 5 rings (SSSR count). The molecule has 0 amide bonds. The Balaban J connectivity index is 1.56. The molecule has 2 N–H and O–H groups in total. The van der Waals surface area contributed by atoms with Gasteiger partial charge in [-0.05, 0) is 104 Å². The molecule has 0 bridgehead atoms. The zero-order valence-corrected chi connectivity index (χ0v) is 20.7. The molecule has 0 radical (unpaired) electrons. The Kier molecular flexibility index (Phi) is 5.22. The lowest BCUT2D eigenvalue weighted by atomic mass is 9.33. The number of aliphatic carboxylic acids is 1. The molecule has 0 aromatic carbocycles. The smallest absolute Gasteiger partial charge is 0.309 e. The zero-order chi connectivity index (χ0) is 23.1. The molecule has 0 heterocycles. The maximum atomic E-state index is 12.8. The number of hydrogen-bond donors (Lipinski definition) is 2. The number of carboxylic acid groups (broad SMARTS) is 1. The maximum Gasteiger partial charge on any atom is 0.309 e. The van der Waals surface area contributed by atoms with Crippen molar-refractivity contribution >= 4 is 11.8 Å². The van der Waals surface area contributed by atoms with Crippen molar-refractivity contribution in [3.05, 3.63) is 0 Å². The molecule has 0 aromatic rings. The molecule has 0 aromatic heterocycles. The second-order valence-corrected chi connectivity index (χ2v) is 13.3. The van der Waals surface area contributed by atoms with E-state index in [0.717, 1.165) is 24.7 Å². The van der Waals surface area contributed by atoms with Crippen LogP contribution in [0.15, 0.2) is 0 Å². The lowest BCUT2D eigenvalue weighted by Gasteiger charge is -2.71. The van der Waals surface area contributed by atoms with Crippen molar-refractivity contribution in [2.24, 2.45) is 57.2 Å². The Bertz CT molecular complexity index is 807. The molecule has 4 heteroatoms. The Hall–Kier alpha value is -0.900. The minimum absolute atomic E-state index is 0.0759. The SMILES string of the molecule is CC1CCCC2(C)C1CCC1(C)C2CCC2C3C(C(=O)CO)CCC3(C(=O)O)CC[C@]21C. The Morgan fingerprint density at radius 2 is 1.59 bits per heavy atom. The van der Waals surface area contributed by atoms with Crippen molar-refractivity contribution in [1.29, 1.82) is 0 Å². The van der Waals surface area contributed by atoms with Crippen LogP contribution >= 0.6 is 0 Å². The van der Waals surface area contributed by atoms with E-state index < -0.39 is 18.0 Å². The van der Waals surface area contributed by atoms with Crippen LogP contribution in [0.5, 0.6) is 0 Å². The first-order chi connectivity index (χ1) is 15.0. The first-order valence-electron chi connectivity index (χ1n) is 13.4. The van der Waals surface area contributed by atoms with Gasteiger partial charge in [-0.1, -0.05) is 40.5 Å². The highest BCUT2D eigenvalue weighted by Crippen LogP contribution is 2.76.